The lowest BCUT2D eigenvalue weighted by molar-refractivity contribution is -0.149. The minimum atomic E-state index is -0.802. The highest BCUT2D eigenvalue weighted by Crippen LogP contribution is 2.27. The molecule has 0 saturated heterocycles. The molecule has 1 amide bonds. The highest BCUT2D eigenvalue weighted by Gasteiger charge is 2.33. The van der Waals surface area contributed by atoms with Crippen LogP contribution >= 0.6 is 0 Å². The van der Waals surface area contributed by atoms with E-state index >= 15 is 0 Å². The fourth-order valence-corrected chi connectivity index (χ4v) is 3.05. The Morgan fingerprint density at radius 2 is 2.04 bits per heavy atom. The first-order chi connectivity index (χ1) is 12.5. The normalized spacial score (nSPS) is 15.5. The largest absolute Gasteiger partial charge is 0.494 e. The number of ether oxygens (including phenoxy) is 2. The Labute approximate surface area is 154 Å². The summed E-state index contributed by atoms with van der Waals surface area (Å²) in [4.78, 5) is 23.7. The average molecular weight is 358 g/mol. The van der Waals surface area contributed by atoms with E-state index in [1.165, 1.54) is 0 Å². The molecule has 0 radical (unpaired) electrons. The number of rotatable bonds is 8. The van der Waals surface area contributed by atoms with Crippen molar-refractivity contribution in [1.29, 1.82) is 5.26 Å². The third kappa shape index (κ3) is 6.40. The molecule has 1 N–H and O–H groups in total. The van der Waals surface area contributed by atoms with Crippen LogP contribution < -0.4 is 10.1 Å². The topological polar surface area (TPSA) is 88.4 Å². The molecule has 1 aromatic carbocycles. The summed E-state index contributed by atoms with van der Waals surface area (Å²) in [5.74, 6) is -0.0903. The number of nitrogens with zero attached hydrogens (tertiary/aromatic N) is 1. The van der Waals surface area contributed by atoms with Crippen molar-refractivity contribution in [2.45, 2.75) is 57.4 Å². The predicted molar refractivity (Wildman–Crippen MR) is 96.4 cm³/mol. The Morgan fingerprint density at radius 1 is 1.27 bits per heavy atom. The fraction of sp³-hybridized carbons (Fsp3) is 0.550. The van der Waals surface area contributed by atoms with Crippen molar-refractivity contribution >= 4 is 11.9 Å². The van der Waals surface area contributed by atoms with Crippen LogP contribution in [-0.2, 0) is 14.3 Å². The van der Waals surface area contributed by atoms with Crippen LogP contribution in [0.4, 0.5) is 0 Å². The summed E-state index contributed by atoms with van der Waals surface area (Å²) in [6.45, 7) is 2.04. The summed E-state index contributed by atoms with van der Waals surface area (Å²) >= 11 is 0. The minimum absolute atomic E-state index is 0.183. The van der Waals surface area contributed by atoms with Crippen molar-refractivity contribution in [1.82, 2.24) is 5.32 Å². The van der Waals surface area contributed by atoms with Crippen LogP contribution in [0.2, 0.25) is 0 Å². The quantitative estimate of drug-likeness (QED) is 0.570. The van der Waals surface area contributed by atoms with Gasteiger partial charge in [-0.15, -0.1) is 0 Å². The number of hydrogen-bond acceptors (Lipinski definition) is 5. The number of aryl methyl sites for hydroxylation is 1. The summed E-state index contributed by atoms with van der Waals surface area (Å²) in [7, 11) is 0. The highest BCUT2D eigenvalue weighted by molar-refractivity contribution is 5.81. The van der Waals surface area contributed by atoms with E-state index in [4.69, 9.17) is 9.47 Å². The van der Waals surface area contributed by atoms with Gasteiger partial charge in [0.15, 0.2) is 6.61 Å². The third-order valence-electron chi connectivity index (χ3n) is 4.45. The maximum atomic E-state index is 12.0. The molecule has 6 nitrogen and oxygen atoms in total. The van der Waals surface area contributed by atoms with Crippen LogP contribution in [0, 0.1) is 18.3 Å². The number of benzene rings is 1. The van der Waals surface area contributed by atoms with Crippen molar-refractivity contribution in [3.8, 4) is 11.8 Å². The Balaban J connectivity index is 1.62. The van der Waals surface area contributed by atoms with Gasteiger partial charge in [-0.05, 0) is 43.9 Å². The van der Waals surface area contributed by atoms with Gasteiger partial charge in [0.25, 0.3) is 5.91 Å². The zero-order valence-corrected chi connectivity index (χ0v) is 15.3. The van der Waals surface area contributed by atoms with Gasteiger partial charge in [0, 0.05) is 6.42 Å². The van der Waals surface area contributed by atoms with Gasteiger partial charge in [-0.1, -0.05) is 31.4 Å². The van der Waals surface area contributed by atoms with Crippen LogP contribution in [-0.4, -0.2) is 30.6 Å². The number of amides is 1. The van der Waals surface area contributed by atoms with Crippen molar-refractivity contribution in [2.75, 3.05) is 13.2 Å². The molecule has 1 saturated carbocycles. The first-order valence-electron chi connectivity index (χ1n) is 9.10. The van der Waals surface area contributed by atoms with Crippen molar-refractivity contribution in [3.63, 3.8) is 0 Å². The van der Waals surface area contributed by atoms with Gasteiger partial charge in [-0.3, -0.25) is 9.59 Å². The molecule has 1 aromatic rings. The van der Waals surface area contributed by atoms with E-state index in [2.05, 4.69) is 11.4 Å². The molecule has 140 valence electrons. The number of nitriles is 1. The lowest BCUT2D eigenvalue weighted by atomic mass is 9.83. The van der Waals surface area contributed by atoms with Crippen LogP contribution in [0.3, 0.4) is 0 Å². The molecular weight excluding hydrogens is 332 g/mol. The molecule has 1 aliphatic carbocycles. The van der Waals surface area contributed by atoms with E-state index in [1.54, 1.807) is 0 Å². The fourth-order valence-electron chi connectivity index (χ4n) is 3.05. The van der Waals surface area contributed by atoms with Crippen molar-refractivity contribution in [2.24, 2.45) is 0 Å². The average Bonchev–Trinajstić information content (AvgIpc) is 2.64. The van der Waals surface area contributed by atoms with Gasteiger partial charge in [0.2, 0.25) is 0 Å². The van der Waals surface area contributed by atoms with Crippen molar-refractivity contribution < 1.29 is 19.1 Å². The molecule has 0 bridgehead atoms. The standard InChI is InChI=1S/C20H26N2O4/c1-16-7-5-8-17(13-16)25-12-6-9-19(24)26-14-18(23)22-20(15-21)10-3-2-4-11-20/h5,7-8,13H,2-4,6,9-12,14H2,1H3,(H,22,23). The maximum Gasteiger partial charge on any atom is 0.306 e. The number of carbonyl (C=O) groups excluding carboxylic acids is 2. The number of esters is 1. The number of nitrogens with one attached hydrogen (secondary N) is 1. The van der Waals surface area contributed by atoms with E-state index in [9.17, 15) is 14.9 Å². The Bertz CT molecular complexity index is 660. The van der Waals surface area contributed by atoms with E-state index in [-0.39, 0.29) is 13.0 Å². The summed E-state index contributed by atoms with van der Waals surface area (Å²) in [6, 6.07) is 9.90. The van der Waals surface area contributed by atoms with Crippen LogP contribution in [0.5, 0.6) is 5.75 Å². The Hall–Kier alpha value is -2.55. The molecule has 0 spiro atoms. The molecule has 1 aliphatic rings. The van der Waals surface area contributed by atoms with Crippen molar-refractivity contribution in [3.05, 3.63) is 29.8 Å². The molecule has 0 unspecified atom stereocenters. The predicted octanol–water partition coefficient (Wildman–Crippen LogP) is 3.04. The first kappa shape index (κ1) is 19.8. The third-order valence-corrected chi connectivity index (χ3v) is 4.45. The monoisotopic (exact) mass is 358 g/mol. The highest BCUT2D eigenvalue weighted by atomic mass is 16.5. The molecule has 26 heavy (non-hydrogen) atoms. The second-order valence-electron chi connectivity index (χ2n) is 6.73. The van der Waals surface area contributed by atoms with Gasteiger partial charge in [-0.2, -0.15) is 5.26 Å². The molecule has 0 aliphatic heterocycles. The van der Waals surface area contributed by atoms with Gasteiger partial charge in [0.1, 0.15) is 11.3 Å². The second kappa shape index (κ2) is 9.81. The van der Waals surface area contributed by atoms with Crippen LogP contribution in [0.25, 0.3) is 0 Å². The molecule has 6 heteroatoms. The van der Waals surface area contributed by atoms with Crippen LogP contribution in [0.1, 0.15) is 50.5 Å². The van der Waals surface area contributed by atoms with E-state index in [0.717, 1.165) is 30.6 Å². The second-order valence-corrected chi connectivity index (χ2v) is 6.73. The van der Waals surface area contributed by atoms with Gasteiger partial charge < -0.3 is 14.8 Å². The van der Waals surface area contributed by atoms with E-state index in [1.807, 2.05) is 31.2 Å². The van der Waals surface area contributed by atoms with E-state index < -0.39 is 17.4 Å². The molecule has 0 heterocycles. The van der Waals surface area contributed by atoms with Gasteiger partial charge >= 0.3 is 5.97 Å². The summed E-state index contributed by atoms with van der Waals surface area (Å²) in [5.41, 5.74) is 0.310. The molecule has 1 fully saturated rings. The molecule has 0 atom stereocenters. The van der Waals surface area contributed by atoms with Crippen LogP contribution in [0.15, 0.2) is 24.3 Å². The lowest BCUT2D eigenvalue weighted by Gasteiger charge is -2.31. The smallest absolute Gasteiger partial charge is 0.306 e. The lowest BCUT2D eigenvalue weighted by Crippen LogP contribution is -2.50. The van der Waals surface area contributed by atoms with E-state index in [0.29, 0.717) is 25.9 Å². The Morgan fingerprint density at radius 3 is 2.73 bits per heavy atom. The zero-order chi connectivity index (χ0) is 18.8. The number of carbonyl (C=O) groups is 2. The minimum Gasteiger partial charge on any atom is -0.494 e. The SMILES string of the molecule is Cc1cccc(OCCCC(=O)OCC(=O)NC2(C#N)CCCCC2)c1. The first-order valence-corrected chi connectivity index (χ1v) is 9.10. The number of hydrogen-bond donors (Lipinski definition) is 1. The molecule has 2 rings (SSSR count). The summed E-state index contributed by atoms with van der Waals surface area (Å²) < 4.78 is 10.6. The summed E-state index contributed by atoms with van der Waals surface area (Å²) in [6.07, 6.45) is 4.93. The molecule has 0 aromatic heterocycles. The molecular formula is C20H26N2O4. The maximum absolute atomic E-state index is 12.0. The van der Waals surface area contributed by atoms with Gasteiger partial charge in [0.05, 0.1) is 12.7 Å². The Kier molecular flexibility index (Phi) is 7.46. The zero-order valence-electron chi connectivity index (χ0n) is 15.3. The van der Waals surface area contributed by atoms with Gasteiger partial charge in [-0.25, -0.2) is 0 Å². The summed E-state index contributed by atoms with van der Waals surface area (Å²) in [5, 5.41) is 12.1.